The van der Waals surface area contributed by atoms with E-state index in [1.54, 1.807) is 17.3 Å². The molecular formula is C16H27N3O. The Morgan fingerprint density at radius 2 is 1.90 bits per heavy atom. The molecule has 0 fully saturated rings. The van der Waals surface area contributed by atoms with Gasteiger partial charge in [0.05, 0.1) is 6.04 Å². The van der Waals surface area contributed by atoms with Gasteiger partial charge in [0.25, 0.3) is 0 Å². The van der Waals surface area contributed by atoms with Crippen molar-refractivity contribution < 1.29 is 4.79 Å². The fourth-order valence-corrected chi connectivity index (χ4v) is 2.04. The van der Waals surface area contributed by atoms with E-state index in [2.05, 4.69) is 24.1 Å². The summed E-state index contributed by atoms with van der Waals surface area (Å²) in [6.45, 7) is 7.22. The predicted molar refractivity (Wildman–Crippen MR) is 82.5 cm³/mol. The summed E-state index contributed by atoms with van der Waals surface area (Å²) in [4.78, 5) is 17.8. The molecule has 0 spiro atoms. The van der Waals surface area contributed by atoms with Crippen molar-refractivity contribution in [2.24, 2.45) is 5.92 Å². The van der Waals surface area contributed by atoms with Crippen LogP contribution in [-0.4, -0.2) is 29.5 Å². The molecule has 0 aromatic carbocycles. The van der Waals surface area contributed by atoms with E-state index in [1.165, 1.54) is 12.8 Å². The van der Waals surface area contributed by atoms with E-state index in [0.29, 0.717) is 0 Å². The summed E-state index contributed by atoms with van der Waals surface area (Å²) in [6.07, 6.45) is 6.94. The first-order chi connectivity index (χ1) is 9.52. The largest absolute Gasteiger partial charge is 0.338 e. The van der Waals surface area contributed by atoms with Crippen LogP contribution in [0.4, 0.5) is 4.79 Å². The molecule has 0 radical (unpaired) electrons. The van der Waals surface area contributed by atoms with E-state index < -0.39 is 0 Å². The number of hydrogen-bond donors (Lipinski definition) is 1. The van der Waals surface area contributed by atoms with Gasteiger partial charge in [0.15, 0.2) is 0 Å². The summed E-state index contributed by atoms with van der Waals surface area (Å²) in [5, 5.41) is 2.98. The van der Waals surface area contributed by atoms with Crippen molar-refractivity contribution in [2.75, 3.05) is 13.6 Å². The van der Waals surface area contributed by atoms with E-state index in [1.807, 2.05) is 26.1 Å². The summed E-state index contributed by atoms with van der Waals surface area (Å²) < 4.78 is 0. The molecule has 1 aromatic heterocycles. The normalized spacial score (nSPS) is 12.2. The SMILES string of the molecule is CC(C)CCCCNC(=O)N(C)[C@H](C)c1ccncc1. The summed E-state index contributed by atoms with van der Waals surface area (Å²) in [6, 6.07) is 3.92. The van der Waals surface area contributed by atoms with Crippen LogP contribution in [0.2, 0.25) is 0 Å². The Hall–Kier alpha value is -1.58. The maximum atomic E-state index is 12.1. The predicted octanol–water partition coefficient (Wildman–Crippen LogP) is 3.61. The van der Waals surface area contributed by atoms with Gasteiger partial charge in [-0.1, -0.05) is 26.7 Å². The lowest BCUT2D eigenvalue weighted by molar-refractivity contribution is 0.194. The minimum Gasteiger partial charge on any atom is -0.338 e. The summed E-state index contributed by atoms with van der Waals surface area (Å²) in [7, 11) is 1.83. The fraction of sp³-hybridized carbons (Fsp3) is 0.625. The van der Waals surface area contributed by atoms with Crippen molar-refractivity contribution in [1.82, 2.24) is 15.2 Å². The minimum atomic E-state index is -0.0149. The second kappa shape index (κ2) is 8.56. The molecule has 20 heavy (non-hydrogen) atoms. The first-order valence-electron chi connectivity index (χ1n) is 7.43. The summed E-state index contributed by atoms with van der Waals surface area (Å²) in [5.74, 6) is 0.736. The molecule has 0 aliphatic carbocycles. The highest BCUT2D eigenvalue weighted by Gasteiger charge is 2.16. The Morgan fingerprint density at radius 1 is 1.25 bits per heavy atom. The van der Waals surface area contributed by atoms with Gasteiger partial charge in [-0.3, -0.25) is 4.98 Å². The van der Waals surface area contributed by atoms with Crippen molar-refractivity contribution in [3.05, 3.63) is 30.1 Å². The molecule has 1 heterocycles. The maximum absolute atomic E-state index is 12.1. The van der Waals surface area contributed by atoms with Crippen molar-refractivity contribution in [2.45, 2.75) is 46.1 Å². The topological polar surface area (TPSA) is 45.2 Å². The number of rotatable bonds is 7. The third kappa shape index (κ3) is 5.59. The number of carbonyl (C=O) groups excluding carboxylic acids is 1. The molecule has 0 aliphatic rings. The van der Waals surface area contributed by atoms with Crippen LogP contribution in [0, 0.1) is 5.92 Å². The van der Waals surface area contributed by atoms with Crippen LogP contribution >= 0.6 is 0 Å². The molecule has 0 saturated carbocycles. The quantitative estimate of drug-likeness (QED) is 0.774. The van der Waals surface area contributed by atoms with Crippen LogP contribution in [0.5, 0.6) is 0 Å². The molecule has 4 nitrogen and oxygen atoms in total. The third-order valence-electron chi connectivity index (χ3n) is 3.57. The van der Waals surface area contributed by atoms with E-state index in [4.69, 9.17) is 0 Å². The first-order valence-corrected chi connectivity index (χ1v) is 7.43. The molecule has 1 aromatic rings. The molecule has 0 unspecified atom stereocenters. The van der Waals surface area contributed by atoms with Crippen LogP contribution < -0.4 is 5.32 Å². The van der Waals surface area contributed by atoms with Gasteiger partial charge < -0.3 is 10.2 Å². The first kappa shape index (κ1) is 16.5. The van der Waals surface area contributed by atoms with E-state index in [0.717, 1.165) is 24.4 Å². The monoisotopic (exact) mass is 277 g/mol. The Kier molecular flexibility index (Phi) is 7.05. The highest BCUT2D eigenvalue weighted by Crippen LogP contribution is 2.17. The van der Waals surface area contributed by atoms with Crippen molar-refractivity contribution >= 4 is 6.03 Å². The standard InChI is InChI=1S/C16H27N3O/c1-13(2)7-5-6-10-18-16(20)19(4)14(3)15-8-11-17-12-9-15/h8-9,11-14H,5-7,10H2,1-4H3,(H,18,20)/t14-/m1/s1. The molecule has 112 valence electrons. The summed E-state index contributed by atoms with van der Waals surface area (Å²) >= 11 is 0. The molecular weight excluding hydrogens is 250 g/mol. The van der Waals surface area contributed by atoms with E-state index in [9.17, 15) is 4.79 Å². The molecule has 0 aliphatic heterocycles. The zero-order valence-corrected chi connectivity index (χ0v) is 13.1. The zero-order chi connectivity index (χ0) is 15.0. The average Bonchev–Trinajstić information content (AvgIpc) is 2.45. The van der Waals surface area contributed by atoms with Gasteiger partial charge in [-0.25, -0.2) is 4.79 Å². The summed E-state index contributed by atoms with van der Waals surface area (Å²) in [5.41, 5.74) is 1.09. The van der Waals surface area contributed by atoms with Crippen LogP contribution in [0.1, 0.15) is 51.6 Å². The molecule has 2 amide bonds. The Bertz CT molecular complexity index is 392. The van der Waals surface area contributed by atoms with Gasteiger partial charge in [-0.15, -0.1) is 0 Å². The van der Waals surface area contributed by atoms with E-state index >= 15 is 0 Å². The Morgan fingerprint density at radius 3 is 2.50 bits per heavy atom. The number of carbonyl (C=O) groups is 1. The van der Waals surface area contributed by atoms with Crippen molar-refractivity contribution in [3.63, 3.8) is 0 Å². The highest BCUT2D eigenvalue weighted by atomic mass is 16.2. The van der Waals surface area contributed by atoms with Gasteiger partial charge in [0.1, 0.15) is 0 Å². The minimum absolute atomic E-state index is 0.0149. The number of nitrogens with one attached hydrogen (secondary N) is 1. The van der Waals surface area contributed by atoms with E-state index in [-0.39, 0.29) is 12.1 Å². The van der Waals surface area contributed by atoms with Crippen LogP contribution in [-0.2, 0) is 0 Å². The van der Waals surface area contributed by atoms with Crippen molar-refractivity contribution in [1.29, 1.82) is 0 Å². The van der Waals surface area contributed by atoms with Crippen LogP contribution in [0.3, 0.4) is 0 Å². The Balaban J connectivity index is 2.32. The van der Waals surface area contributed by atoms with Crippen molar-refractivity contribution in [3.8, 4) is 0 Å². The number of pyridine rings is 1. The average molecular weight is 277 g/mol. The lowest BCUT2D eigenvalue weighted by Gasteiger charge is -2.25. The lowest BCUT2D eigenvalue weighted by Crippen LogP contribution is -2.39. The Labute approximate surface area is 122 Å². The fourth-order valence-electron chi connectivity index (χ4n) is 2.04. The second-order valence-corrected chi connectivity index (χ2v) is 5.69. The molecule has 1 rings (SSSR count). The van der Waals surface area contributed by atoms with Crippen LogP contribution in [0.25, 0.3) is 0 Å². The smallest absolute Gasteiger partial charge is 0.317 e. The number of urea groups is 1. The van der Waals surface area contributed by atoms with Gasteiger partial charge in [0, 0.05) is 26.0 Å². The number of unbranched alkanes of at least 4 members (excludes halogenated alkanes) is 1. The highest BCUT2D eigenvalue weighted by molar-refractivity contribution is 5.74. The molecule has 0 saturated heterocycles. The maximum Gasteiger partial charge on any atom is 0.317 e. The van der Waals surface area contributed by atoms with Gasteiger partial charge in [-0.2, -0.15) is 0 Å². The lowest BCUT2D eigenvalue weighted by atomic mass is 10.1. The zero-order valence-electron chi connectivity index (χ0n) is 13.1. The molecule has 1 N–H and O–H groups in total. The van der Waals surface area contributed by atoms with Crippen LogP contribution in [0.15, 0.2) is 24.5 Å². The number of nitrogens with zero attached hydrogens (tertiary/aromatic N) is 2. The molecule has 0 bridgehead atoms. The second-order valence-electron chi connectivity index (χ2n) is 5.69. The number of aromatic nitrogens is 1. The van der Waals surface area contributed by atoms with Gasteiger partial charge >= 0.3 is 6.03 Å². The van der Waals surface area contributed by atoms with Gasteiger partial charge in [-0.05, 0) is 37.0 Å². The molecule has 1 atom stereocenters. The van der Waals surface area contributed by atoms with Gasteiger partial charge in [0.2, 0.25) is 0 Å². The molecule has 4 heteroatoms. The third-order valence-corrected chi connectivity index (χ3v) is 3.57. The number of hydrogen-bond acceptors (Lipinski definition) is 2. The number of amides is 2.